The highest BCUT2D eigenvalue weighted by molar-refractivity contribution is 5.90. The third-order valence-corrected chi connectivity index (χ3v) is 2.52. The van der Waals surface area contributed by atoms with Crippen LogP contribution in [0.15, 0.2) is 42.5 Å². The van der Waals surface area contributed by atoms with Crippen molar-refractivity contribution >= 4 is 11.7 Å². The molecule has 0 amide bonds. The van der Waals surface area contributed by atoms with Gasteiger partial charge in [0.2, 0.25) is 0 Å². The van der Waals surface area contributed by atoms with Crippen molar-refractivity contribution in [1.82, 2.24) is 0 Å². The second-order valence-electron chi connectivity index (χ2n) is 3.98. The molecule has 0 aromatic heterocycles. The zero-order valence-corrected chi connectivity index (χ0v) is 9.97. The fraction of sp³-hybridized carbons (Fsp3) is 0.0714. The molecule has 0 atom stereocenters. The Balaban J connectivity index is 2.03. The van der Waals surface area contributed by atoms with E-state index in [1.54, 1.807) is 12.1 Å². The van der Waals surface area contributed by atoms with Gasteiger partial charge in [0, 0.05) is 5.69 Å². The predicted octanol–water partition coefficient (Wildman–Crippen LogP) is 2.47. The van der Waals surface area contributed by atoms with Gasteiger partial charge in [0.1, 0.15) is 18.2 Å². The van der Waals surface area contributed by atoms with Crippen LogP contribution in [0.25, 0.3) is 0 Å². The minimum Gasteiger partial charge on any atom is -0.508 e. The van der Waals surface area contributed by atoms with Gasteiger partial charge in [0.05, 0.1) is 5.56 Å². The van der Waals surface area contributed by atoms with E-state index in [1.165, 1.54) is 24.3 Å². The number of nitrogens with two attached hydrogens (primary N) is 1. The quantitative estimate of drug-likeness (QED) is 0.657. The smallest absolute Gasteiger partial charge is 0.341 e. The average molecular weight is 261 g/mol. The highest BCUT2D eigenvalue weighted by atomic mass is 19.1. The summed E-state index contributed by atoms with van der Waals surface area (Å²) in [5, 5.41) is 9.11. The molecule has 0 spiro atoms. The summed E-state index contributed by atoms with van der Waals surface area (Å²) in [4.78, 5) is 11.7. The lowest BCUT2D eigenvalue weighted by molar-refractivity contribution is 0.0467. The monoisotopic (exact) mass is 261 g/mol. The molecule has 4 nitrogen and oxygen atoms in total. The van der Waals surface area contributed by atoms with Crippen molar-refractivity contribution in [2.45, 2.75) is 6.61 Å². The third-order valence-electron chi connectivity index (χ3n) is 2.52. The summed E-state index contributed by atoms with van der Waals surface area (Å²) in [6, 6.07) is 9.96. The van der Waals surface area contributed by atoms with Gasteiger partial charge in [-0.3, -0.25) is 0 Å². The number of nitrogen functional groups attached to an aromatic ring is 1. The van der Waals surface area contributed by atoms with Gasteiger partial charge < -0.3 is 15.6 Å². The van der Waals surface area contributed by atoms with E-state index >= 15 is 0 Å². The molecule has 0 unspecified atom stereocenters. The fourth-order valence-corrected chi connectivity index (χ4v) is 1.52. The SMILES string of the molecule is Nc1ccc(C(=O)OCc2ccc(O)cc2)c(F)c1. The maximum absolute atomic E-state index is 13.5. The van der Waals surface area contributed by atoms with E-state index in [-0.39, 0.29) is 23.6 Å². The lowest BCUT2D eigenvalue weighted by Crippen LogP contribution is -2.08. The number of carbonyl (C=O) groups excluding carboxylic acids is 1. The van der Waals surface area contributed by atoms with E-state index in [0.29, 0.717) is 5.56 Å². The normalized spacial score (nSPS) is 10.2. The van der Waals surface area contributed by atoms with Crippen molar-refractivity contribution in [3.63, 3.8) is 0 Å². The van der Waals surface area contributed by atoms with Crippen molar-refractivity contribution < 1.29 is 19.0 Å². The number of halogens is 1. The molecule has 98 valence electrons. The first kappa shape index (κ1) is 12.9. The Morgan fingerprint density at radius 3 is 2.53 bits per heavy atom. The lowest BCUT2D eigenvalue weighted by atomic mass is 10.2. The molecular weight excluding hydrogens is 249 g/mol. The number of hydrogen-bond acceptors (Lipinski definition) is 4. The molecule has 0 bridgehead atoms. The maximum atomic E-state index is 13.5. The number of anilines is 1. The van der Waals surface area contributed by atoms with Crippen LogP contribution in [0, 0.1) is 5.82 Å². The van der Waals surface area contributed by atoms with Crippen molar-refractivity contribution in [2.24, 2.45) is 0 Å². The molecule has 0 saturated carbocycles. The average Bonchev–Trinajstić information content (AvgIpc) is 2.37. The zero-order valence-electron chi connectivity index (χ0n) is 9.97. The number of rotatable bonds is 3. The Kier molecular flexibility index (Phi) is 3.66. The summed E-state index contributed by atoms with van der Waals surface area (Å²) < 4.78 is 18.4. The predicted molar refractivity (Wildman–Crippen MR) is 68.0 cm³/mol. The summed E-state index contributed by atoms with van der Waals surface area (Å²) in [5.74, 6) is -1.35. The molecule has 0 aliphatic carbocycles. The summed E-state index contributed by atoms with van der Waals surface area (Å²) in [7, 11) is 0. The van der Waals surface area contributed by atoms with Gasteiger partial charge in [-0.15, -0.1) is 0 Å². The number of carbonyl (C=O) groups is 1. The first-order valence-electron chi connectivity index (χ1n) is 5.56. The maximum Gasteiger partial charge on any atom is 0.341 e. The van der Waals surface area contributed by atoms with Crippen LogP contribution in [0.3, 0.4) is 0 Å². The molecule has 0 aliphatic rings. The lowest BCUT2D eigenvalue weighted by Gasteiger charge is -2.06. The second-order valence-corrected chi connectivity index (χ2v) is 3.98. The third kappa shape index (κ3) is 3.22. The van der Waals surface area contributed by atoms with Gasteiger partial charge in [0.15, 0.2) is 0 Å². The summed E-state index contributed by atoms with van der Waals surface area (Å²) in [6.07, 6.45) is 0. The molecule has 0 aliphatic heterocycles. The van der Waals surface area contributed by atoms with Gasteiger partial charge in [-0.1, -0.05) is 12.1 Å². The van der Waals surface area contributed by atoms with Crippen LogP contribution in [0.2, 0.25) is 0 Å². The standard InChI is InChI=1S/C14H12FNO3/c15-13-7-10(16)3-6-12(13)14(18)19-8-9-1-4-11(17)5-2-9/h1-7,17H,8,16H2. The van der Waals surface area contributed by atoms with E-state index in [2.05, 4.69) is 0 Å². The van der Waals surface area contributed by atoms with Crippen LogP contribution >= 0.6 is 0 Å². The molecule has 2 aromatic carbocycles. The van der Waals surface area contributed by atoms with Crippen molar-refractivity contribution in [2.75, 3.05) is 5.73 Å². The molecule has 0 radical (unpaired) electrons. The molecule has 0 heterocycles. The summed E-state index contributed by atoms with van der Waals surface area (Å²) >= 11 is 0. The number of ether oxygens (including phenoxy) is 1. The molecule has 0 saturated heterocycles. The molecule has 2 rings (SSSR count). The Labute approximate surface area is 109 Å². The van der Waals surface area contributed by atoms with E-state index in [9.17, 15) is 9.18 Å². The van der Waals surface area contributed by atoms with Crippen LogP contribution in [-0.2, 0) is 11.3 Å². The molecule has 2 aromatic rings. The van der Waals surface area contributed by atoms with E-state index < -0.39 is 11.8 Å². The summed E-state index contributed by atoms with van der Waals surface area (Å²) in [6.45, 7) is 0.00291. The van der Waals surface area contributed by atoms with E-state index in [4.69, 9.17) is 15.6 Å². The van der Waals surface area contributed by atoms with Gasteiger partial charge in [-0.2, -0.15) is 0 Å². The van der Waals surface area contributed by atoms with Crippen molar-refractivity contribution in [3.05, 3.63) is 59.4 Å². The number of esters is 1. The Hall–Kier alpha value is -2.56. The first-order chi connectivity index (χ1) is 9.06. The van der Waals surface area contributed by atoms with Gasteiger partial charge >= 0.3 is 5.97 Å². The van der Waals surface area contributed by atoms with Gasteiger partial charge in [-0.05, 0) is 35.9 Å². The number of benzene rings is 2. The summed E-state index contributed by atoms with van der Waals surface area (Å²) in [5.41, 5.74) is 6.17. The molecule has 19 heavy (non-hydrogen) atoms. The number of aromatic hydroxyl groups is 1. The highest BCUT2D eigenvalue weighted by Gasteiger charge is 2.13. The van der Waals surface area contributed by atoms with Crippen LogP contribution in [-0.4, -0.2) is 11.1 Å². The molecule has 3 N–H and O–H groups in total. The minimum atomic E-state index is -0.759. The zero-order chi connectivity index (χ0) is 13.8. The molecule has 0 fully saturated rings. The van der Waals surface area contributed by atoms with E-state index in [1.807, 2.05) is 0 Å². The van der Waals surface area contributed by atoms with Crippen LogP contribution in [0.5, 0.6) is 5.75 Å². The van der Waals surface area contributed by atoms with Crippen molar-refractivity contribution in [1.29, 1.82) is 0 Å². The molecule has 5 heteroatoms. The number of phenolic OH excluding ortho intramolecular Hbond substituents is 1. The first-order valence-corrected chi connectivity index (χ1v) is 5.56. The Morgan fingerprint density at radius 2 is 1.89 bits per heavy atom. The van der Waals surface area contributed by atoms with Crippen LogP contribution in [0.1, 0.15) is 15.9 Å². The topological polar surface area (TPSA) is 72.6 Å². The molecular formula is C14H12FNO3. The minimum absolute atomic E-state index is 0.00291. The largest absolute Gasteiger partial charge is 0.508 e. The fourth-order valence-electron chi connectivity index (χ4n) is 1.52. The van der Waals surface area contributed by atoms with E-state index in [0.717, 1.165) is 6.07 Å². The second kappa shape index (κ2) is 5.39. The van der Waals surface area contributed by atoms with Gasteiger partial charge in [0.25, 0.3) is 0 Å². The number of hydrogen-bond donors (Lipinski definition) is 2. The van der Waals surface area contributed by atoms with Crippen molar-refractivity contribution in [3.8, 4) is 5.75 Å². The highest BCUT2D eigenvalue weighted by Crippen LogP contribution is 2.15. The van der Waals surface area contributed by atoms with Crippen LogP contribution in [0.4, 0.5) is 10.1 Å². The van der Waals surface area contributed by atoms with Crippen LogP contribution < -0.4 is 5.73 Å². The Morgan fingerprint density at radius 1 is 1.21 bits per heavy atom. The Bertz CT molecular complexity index is 596. The van der Waals surface area contributed by atoms with Gasteiger partial charge in [-0.25, -0.2) is 9.18 Å². The number of phenols is 1.